The SMILES string of the molecule is c1cc(-c2ccc3c4c(cccc24)-c2ccccc2-3)cc(-n2c3ccccc3c3cc(-c4ccc5c(c4)c4ccc6ccccc6c4n5-c4cccc5ccccc45)ccc32)c1. The largest absolute Gasteiger partial charge is 0.309 e. The molecule has 0 fully saturated rings. The lowest BCUT2D eigenvalue weighted by molar-refractivity contribution is 1.18. The Bertz CT molecular complexity index is 4010. The summed E-state index contributed by atoms with van der Waals surface area (Å²) in [4.78, 5) is 0. The molecule has 0 spiro atoms. The predicted octanol–water partition coefficient (Wildman–Crippen LogP) is 16.3. The monoisotopic (exact) mass is 784 g/mol. The molecule has 1 aliphatic carbocycles. The van der Waals surface area contributed by atoms with Gasteiger partial charge in [-0.25, -0.2) is 0 Å². The molecular weight excluding hydrogens is 749 g/mol. The van der Waals surface area contributed by atoms with Crippen LogP contribution in [0, 0.1) is 0 Å². The Hall–Kier alpha value is -8.20. The van der Waals surface area contributed by atoms with Gasteiger partial charge in [0.25, 0.3) is 0 Å². The predicted molar refractivity (Wildman–Crippen MR) is 263 cm³/mol. The van der Waals surface area contributed by atoms with E-state index in [2.05, 4.69) is 228 Å². The van der Waals surface area contributed by atoms with E-state index in [1.54, 1.807) is 0 Å². The van der Waals surface area contributed by atoms with Crippen molar-refractivity contribution in [2.75, 3.05) is 0 Å². The Labute approximate surface area is 357 Å². The number of benzene rings is 11. The van der Waals surface area contributed by atoms with Crippen LogP contribution in [0.4, 0.5) is 0 Å². The number of hydrogen-bond acceptors (Lipinski definition) is 0. The van der Waals surface area contributed by atoms with E-state index in [9.17, 15) is 0 Å². The van der Waals surface area contributed by atoms with Crippen molar-refractivity contribution < 1.29 is 0 Å². The number of para-hydroxylation sites is 1. The van der Waals surface area contributed by atoms with E-state index >= 15 is 0 Å². The van der Waals surface area contributed by atoms with Crippen LogP contribution in [-0.2, 0) is 0 Å². The molecular formula is C60H36N2. The molecule has 1 aliphatic rings. The molecule has 0 unspecified atom stereocenters. The quantitative estimate of drug-likeness (QED) is 0.168. The van der Waals surface area contributed by atoms with Crippen LogP contribution in [0.1, 0.15) is 0 Å². The van der Waals surface area contributed by atoms with Crippen LogP contribution in [0.25, 0.3) is 132 Å². The molecule has 2 aromatic heterocycles. The summed E-state index contributed by atoms with van der Waals surface area (Å²) in [6.07, 6.45) is 0. The number of nitrogens with zero attached hydrogens (tertiary/aromatic N) is 2. The van der Waals surface area contributed by atoms with Gasteiger partial charge >= 0.3 is 0 Å². The Kier molecular flexibility index (Phi) is 6.86. The first-order valence-corrected chi connectivity index (χ1v) is 21.5. The normalized spacial score (nSPS) is 12.2. The number of aromatic nitrogens is 2. The van der Waals surface area contributed by atoms with Crippen molar-refractivity contribution in [2.45, 2.75) is 0 Å². The first-order chi connectivity index (χ1) is 30.8. The van der Waals surface area contributed by atoms with Gasteiger partial charge in [-0.15, -0.1) is 0 Å². The lowest BCUT2D eigenvalue weighted by Crippen LogP contribution is -1.96. The fourth-order valence-electron chi connectivity index (χ4n) is 10.9. The Morgan fingerprint density at radius 2 is 0.823 bits per heavy atom. The maximum Gasteiger partial charge on any atom is 0.0619 e. The summed E-state index contributed by atoms with van der Waals surface area (Å²) in [5.41, 5.74) is 17.4. The van der Waals surface area contributed by atoms with Crippen LogP contribution in [0.5, 0.6) is 0 Å². The summed E-state index contributed by atoms with van der Waals surface area (Å²) in [6, 6.07) is 81.0. The minimum atomic E-state index is 1.16. The summed E-state index contributed by atoms with van der Waals surface area (Å²) in [7, 11) is 0. The van der Waals surface area contributed by atoms with Crippen LogP contribution in [0.2, 0.25) is 0 Å². The van der Waals surface area contributed by atoms with Gasteiger partial charge in [-0.3, -0.25) is 0 Å². The van der Waals surface area contributed by atoms with Crippen LogP contribution >= 0.6 is 0 Å². The molecule has 2 nitrogen and oxygen atoms in total. The van der Waals surface area contributed by atoms with E-state index in [4.69, 9.17) is 0 Å². The van der Waals surface area contributed by atoms with Gasteiger partial charge in [0.2, 0.25) is 0 Å². The van der Waals surface area contributed by atoms with E-state index in [1.165, 1.54) is 126 Å². The maximum atomic E-state index is 2.49. The zero-order chi connectivity index (χ0) is 40.5. The molecule has 2 heteroatoms. The van der Waals surface area contributed by atoms with Crippen molar-refractivity contribution in [3.05, 3.63) is 218 Å². The standard InChI is InChI=1S/C60H36N2/c1-3-17-44-37(12-1)14-10-25-55(44)62-58-33-28-40(36-54(58)52-29-26-38-13-2-4-18-45(38)60(52)62)39-27-32-57-53(35-39)48-21-7-8-24-56(48)61(57)42-16-9-15-41(34-42)43-30-31-51-47-20-6-5-19-46(47)50-23-11-22-49(43)59(50)51/h1-36H. The smallest absolute Gasteiger partial charge is 0.0619 e. The topological polar surface area (TPSA) is 9.86 Å². The number of rotatable bonds is 4. The Morgan fingerprint density at radius 3 is 1.65 bits per heavy atom. The summed E-state index contributed by atoms with van der Waals surface area (Å²) in [5, 5.41) is 12.6. The molecule has 62 heavy (non-hydrogen) atoms. The Morgan fingerprint density at radius 1 is 0.258 bits per heavy atom. The highest BCUT2D eigenvalue weighted by atomic mass is 15.0. The zero-order valence-electron chi connectivity index (χ0n) is 33.7. The van der Waals surface area contributed by atoms with Gasteiger partial charge in [-0.05, 0) is 115 Å². The second-order valence-corrected chi connectivity index (χ2v) is 16.8. The van der Waals surface area contributed by atoms with Crippen molar-refractivity contribution in [2.24, 2.45) is 0 Å². The minimum Gasteiger partial charge on any atom is -0.309 e. The molecule has 14 rings (SSSR count). The van der Waals surface area contributed by atoms with Gasteiger partial charge in [-0.1, -0.05) is 170 Å². The number of hydrogen-bond donors (Lipinski definition) is 0. The van der Waals surface area contributed by atoms with Gasteiger partial charge in [0.15, 0.2) is 0 Å². The maximum absolute atomic E-state index is 2.49. The van der Waals surface area contributed by atoms with Gasteiger partial charge < -0.3 is 9.13 Å². The minimum absolute atomic E-state index is 1.16. The highest BCUT2D eigenvalue weighted by Crippen LogP contribution is 2.49. The Balaban J connectivity index is 0.936. The molecule has 11 aromatic carbocycles. The van der Waals surface area contributed by atoms with Gasteiger partial charge in [0, 0.05) is 38.0 Å². The van der Waals surface area contributed by atoms with Crippen LogP contribution in [0.15, 0.2) is 218 Å². The summed E-state index contributed by atoms with van der Waals surface area (Å²) < 4.78 is 4.94. The van der Waals surface area contributed by atoms with Crippen LogP contribution in [-0.4, -0.2) is 9.13 Å². The second kappa shape index (κ2) is 12.7. The molecule has 0 N–H and O–H groups in total. The van der Waals surface area contributed by atoms with Crippen molar-refractivity contribution in [1.82, 2.24) is 9.13 Å². The first kappa shape index (κ1) is 33.6. The van der Waals surface area contributed by atoms with Gasteiger partial charge in [-0.2, -0.15) is 0 Å². The highest BCUT2D eigenvalue weighted by Gasteiger charge is 2.23. The summed E-state index contributed by atoms with van der Waals surface area (Å²) in [5.74, 6) is 0. The fourth-order valence-corrected chi connectivity index (χ4v) is 10.9. The van der Waals surface area contributed by atoms with E-state index < -0.39 is 0 Å². The average Bonchev–Trinajstić information content (AvgIpc) is 3.98. The molecule has 2 heterocycles. The fraction of sp³-hybridized carbons (Fsp3) is 0. The molecule has 0 saturated carbocycles. The molecule has 0 aliphatic heterocycles. The third kappa shape index (κ3) is 4.64. The van der Waals surface area contributed by atoms with E-state index in [-0.39, 0.29) is 0 Å². The zero-order valence-corrected chi connectivity index (χ0v) is 33.7. The average molecular weight is 785 g/mol. The lowest BCUT2D eigenvalue weighted by Gasteiger charge is -2.13. The molecule has 0 atom stereocenters. The van der Waals surface area contributed by atoms with Crippen molar-refractivity contribution >= 4 is 75.9 Å². The molecule has 0 radical (unpaired) electrons. The van der Waals surface area contributed by atoms with E-state index in [0.717, 1.165) is 5.69 Å². The molecule has 0 amide bonds. The summed E-state index contributed by atoms with van der Waals surface area (Å²) in [6.45, 7) is 0. The summed E-state index contributed by atoms with van der Waals surface area (Å²) >= 11 is 0. The van der Waals surface area contributed by atoms with E-state index in [0.29, 0.717) is 0 Å². The van der Waals surface area contributed by atoms with Gasteiger partial charge in [0.05, 0.1) is 27.8 Å². The highest BCUT2D eigenvalue weighted by molar-refractivity contribution is 6.21. The van der Waals surface area contributed by atoms with Crippen LogP contribution in [0.3, 0.4) is 0 Å². The molecule has 13 aromatic rings. The van der Waals surface area contributed by atoms with Crippen LogP contribution < -0.4 is 0 Å². The third-order valence-corrected chi connectivity index (χ3v) is 13.6. The lowest BCUT2D eigenvalue weighted by atomic mass is 9.94. The van der Waals surface area contributed by atoms with Crippen molar-refractivity contribution in [3.8, 4) is 55.9 Å². The molecule has 0 saturated heterocycles. The molecule has 0 bridgehead atoms. The molecule has 286 valence electrons. The number of fused-ring (bicyclic) bond motifs is 12. The second-order valence-electron chi connectivity index (χ2n) is 16.8. The van der Waals surface area contributed by atoms with Crippen molar-refractivity contribution in [1.29, 1.82) is 0 Å². The van der Waals surface area contributed by atoms with Gasteiger partial charge in [0.1, 0.15) is 0 Å². The third-order valence-electron chi connectivity index (χ3n) is 13.6. The van der Waals surface area contributed by atoms with E-state index in [1.807, 2.05) is 0 Å². The van der Waals surface area contributed by atoms with Crippen molar-refractivity contribution in [3.63, 3.8) is 0 Å². The first-order valence-electron chi connectivity index (χ1n) is 21.5.